The first-order valence-corrected chi connectivity index (χ1v) is 7.10. The molecule has 1 saturated heterocycles. The van der Waals surface area contributed by atoms with Crippen LogP contribution in [-0.4, -0.2) is 54.5 Å². The molecule has 1 aliphatic heterocycles. The Morgan fingerprint density at radius 1 is 1.33 bits per heavy atom. The zero-order valence-corrected chi connectivity index (χ0v) is 13.5. The molecule has 0 aliphatic carbocycles. The fourth-order valence-corrected chi connectivity index (χ4v) is 2.54. The highest BCUT2D eigenvalue weighted by atomic mass is 35.5. The zero-order chi connectivity index (χ0) is 12.0. The van der Waals surface area contributed by atoms with E-state index in [1.54, 1.807) is 0 Å². The monoisotopic (exact) mass is 317 g/mol. The van der Waals surface area contributed by atoms with E-state index in [4.69, 9.17) is 5.73 Å². The smallest absolute Gasteiger partial charge is 0.224 e. The van der Waals surface area contributed by atoms with Crippen LogP contribution < -0.4 is 11.1 Å². The van der Waals surface area contributed by atoms with Crippen molar-refractivity contribution in [3.05, 3.63) is 0 Å². The third-order valence-corrected chi connectivity index (χ3v) is 3.98. The Labute approximate surface area is 127 Å². The van der Waals surface area contributed by atoms with Crippen LogP contribution in [0, 0.1) is 5.92 Å². The van der Waals surface area contributed by atoms with E-state index < -0.39 is 0 Å². The first-order chi connectivity index (χ1) is 7.61. The number of carbonyl (C=O) groups excluding carboxylic acids is 1. The van der Waals surface area contributed by atoms with Gasteiger partial charge in [-0.05, 0) is 6.92 Å². The molecule has 1 rings (SSSR count). The van der Waals surface area contributed by atoms with Gasteiger partial charge in [0, 0.05) is 49.6 Å². The Balaban J connectivity index is 0. The third kappa shape index (κ3) is 7.69. The Kier molecular flexibility index (Phi) is 12.8. The fourth-order valence-electron chi connectivity index (χ4n) is 1.56. The van der Waals surface area contributed by atoms with Crippen molar-refractivity contribution in [1.82, 2.24) is 10.2 Å². The lowest BCUT2D eigenvalue weighted by Gasteiger charge is -2.26. The molecule has 2 unspecified atom stereocenters. The standard InChI is InChI=1S/C11H23N3OS.2ClH/c1-9(10(2)12)11(15)13-3-4-14-5-7-16-8-6-14;;/h9-10H,3-8,12H2,1-2H3,(H,13,15);2*1H. The Morgan fingerprint density at radius 3 is 2.39 bits per heavy atom. The molecule has 2 atom stereocenters. The van der Waals surface area contributed by atoms with Crippen LogP contribution in [0.5, 0.6) is 0 Å². The molecule has 0 aromatic carbocycles. The Bertz CT molecular complexity index is 226. The van der Waals surface area contributed by atoms with Crippen LogP contribution >= 0.6 is 36.6 Å². The van der Waals surface area contributed by atoms with E-state index in [0.717, 1.165) is 26.2 Å². The molecule has 3 N–H and O–H groups in total. The van der Waals surface area contributed by atoms with E-state index >= 15 is 0 Å². The minimum absolute atomic E-state index is 0. The maximum absolute atomic E-state index is 11.6. The summed E-state index contributed by atoms with van der Waals surface area (Å²) in [4.78, 5) is 14.0. The maximum atomic E-state index is 11.6. The van der Waals surface area contributed by atoms with Crippen LogP contribution in [0.4, 0.5) is 0 Å². The summed E-state index contributed by atoms with van der Waals surface area (Å²) in [5.74, 6) is 2.40. The molecule has 110 valence electrons. The van der Waals surface area contributed by atoms with Crippen molar-refractivity contribution in [2.75, 3.05) is 37.7 Å². The van der Waals surface area contributed by atoms with Crippen LogP contribution in [0.15, 0.2) is 0 Å². The SMILES string of the molecule is CC(N)C(C)C(=O)NCCN1CCSCC1.Cl.Cl. The molecular formula is C11H25Cl2N3OS. The van der Waals surface area contributed by atoms with Crippen molar-refractivity contribution in [2.45, 2.75) is 19.9 Å². The highest BCUT2D eigenvalue weighted by Crippen LogP contribution is 2.08. The Hall–Kier alpha value is 0.320. The summed E-state index contributed by atoms with van der Waals surface area (Å²) in [6.45, 7) is 7.72. The predicted molar refractivity (Wildman–Crippen MR) is 84.1 cm³/mol. The molecule has 1 aliphatic rings. The molecule has 0 aromatic heterocycles. The van der Waals surface area contributed by atoms with Crippen LogP contribution in [0.2, 0.25) is 0 Å². The fraction of sp³-hybridized carbons (Fsp3) is 0.909. The minimum Gasteiger partial charge on any atom is -0.355 e. The third-order valence-electron chi connectivity index (χ3n) is 3.03. The van der Waals surface area contributed by atoms with Gasteiger partial charge in [-0.1, -0.05) is 6.92 Å². The van der Waals surface area contributed by atoms with Crippen LogP contribution in [0.1, 0.15) is 13.8 Å². The summed E-state index contributed by atoms with van der Waals surface area (Å²) < 4.78 is 0. The number of nitrogens with zero attached hydrogens (tertiary/aromatic N) is 1. The van der Waals surface area contributed by atoms with Crippen LogP contribution in [-0.2, 0) is 4.79 Å². The number of thioether (sulfide) groups is 1. The summed E-state index contributed by atoms with van der Waals surface area (Å²) in [6.07, 6.45) is 0. The molecule has 0 spiro atoms. The van der Waals surface area contributed by atoms with Crippen molar-refractivity contribution in [2.24, 2.45) is 11.7 Å². The van der Waals surface area contributed by atoms with Crippen molar-refractivity contribution < 1.29 is 4.79 Å². The van der Waals surface area contributed by atoms with Gasteiger partial charge in [0.25, 0.3) is 0 Å². The largest absolute Gasteiger partial charge is 0.355 e. The van der Waals surface area contributed by atoms with Gasteiger partial charge < -0.3 is 11.1 Å². The van der Waals surface area contributed by atoms with Gasteiger partial charge in [0.05, 0.1) is 0 Å². The molecule has 0 saturated carbocycles. The maximum Gasteiger partial charge on any atom is 0.224 e. The highest BCUT2D eigenvalue weighted by molar-refractivity contribution is 7.99. The average molecular weight is 318 g/mol. The average Bonchev–Trinajstić information content (AvgIpc) is 2.29. The van der Waals surface area contributed by atoms with Gasteiger partial charge in [-0.2, -0.15) is 11.8 Å². The van der Waals surface area contributed by atoms with E-state index in [-0.39, 0.29) is 42.7 Å². The summed E-state index contributed by atoms with van der Waals surface area (Å²) >= 11 is 2.00. The first kappa shape index (κ1) is 20.6. The van der Waals surface area contributed by atoms with Gasteiger partial charge in [0.15, 0.2) is 0 Å². The van der Waals surface area contributed by atoms with E-state index in [1.165, 1.54) is 11.5 Å². The molecule has 4 nitrogen and oxygen atoms in total. The molecular weight excluding hydrogens is 293 g/mol. The summed E-state index contributed by atoms with van der Waals surface area (Å²) in [5, 5.41) is 2.94. The highest BCUT2D eigenvalue weighted by Gasteiger charge is 2.17. The lowest BCUT2D eigenvalue weighted by Crippen LogP contribution is -2.43. The van der Waals surface area contributed by atoms with E-state index in [2.05, 4.69) is 10.2 Å². The first-order valence-electron chi connectivity index (χ1n) is 5.94. The van der Waals surface area contributed by atoms with Gasteiger partial charge in [0.2, 0.25) is 5.91 Å². The molecule has 0 radical (unpaired) electrons. The topological polar surface area (TPSA) is 58.4 Å². The van der Waals surface area contributed by atoms with E-state index in [0.29, 0.717) is 0 Å². The van der Waals surface area contributed by atoms with Gasteiger partial charge in [-0.25, -0.2) is 0 Å². The van der Waals surface area contributed by atoms with Gasteiger partial charge in [0.1, 0.15) is 0 Å². The van der Waals surface area contributed by atoms with Crippen molar-refractivity contribution in [3.8, 4) is 0 Å². The number of carbonyl (C=O) groups is 1. The molecule has 18 heavy (non-hydrogen) atoms. The molecule has 1 heterocycles. The normalized spacial score (nSPS) is 19.1. The molecule has 0 aromatic rings. The molecule has 7 heteroatoms. The van der Waals surface area contributed by atoms with Crippen molar-refractivity contribution >= 4 is 42.5 Å². The van der Waals surface area contributed by atoms with Crippen LogP contribution in [0.3, 0.4) is 0 Å². The quantitative estimate of drug-likeness (QED) is 0.793. The molecule has 0 bridgehead atoms. The van der Waals surface area contributed by atoms with Gasteiger partial charge >= 0.3 is 0 Å². The van der Waals surface area contributed by atoms with E-state index in [9.17, 15) is 4.79 Å². The minimum atomic E-state index is -0.100. The number of hydrogen-bond acceptors (Lipinski definition) is 4. The predicted octanol–water partition coefficient (Wildman–Crippen LogP) is 0.978. The lowest BCUT2D eigenvalue weighted by molar-refractivity contribution is -0.124. The van der Waals surface area contributed by atoms with Gasteiger partial charge in [-0.15, -0.1) is 24.8 Å². The van der Waals surface area contributed by atoms with Crippen LogP contribution in [0.25, 0.3) is 0 Å². The summed E-state index contributed by atoms with van der Waals surface area (Å²) in [5.41, 5.74) is 5.68. The summed E-state index contributed by atoms with van der Waals surface area (Å²) in [6, 6.07) is -0.0774. The second-order valence-electron chi connectivity index (χ2n) is 4.39. The van der Waals surface area contributed by atoms with Crippen molar-refractivity contribution in [1.29, 1.82) is 0 Å². The lowest BCUT2D eigenvalue weighted by atomic mass is 10.0. The number of amides is 1. The van der Waals surface area contributed by atoms with Crippen molar-refractivity contribution in [3.63, 3.8) is 0 Å². The second-order valence-corrected chi connectivity index (χ2v) is 5.62. The molecule has 1 amide bonds. The molecule has 1 fully saturated rings. The second kappa shape index (κ2) is 11.2. The summed E-state index contributed by atoms with van der Waals surface area (Å²) in [7, 11) is 0. The number of nitrogens with one attached hydrogen (secondary N) is 1. The Morgan fingerprint density at radius 2 is 1.89 bits per heavy atom. The van der Waals surface area contributed by atoms with E-state index in [1.807, 2.05) is 25.6 Å². The van der Waals surface area contributed by atoms with Gasteiger partial charge in [-0.3, -0.25) is 9.69 Å². The zero-order valence-electron chi connectivity index (χ0n) is 11.1. The number of hydrogen-bond donors (Lipinski definition) is 2. The number of nitrogens with two attached hydrogens (primary N) is 1. The number of halogens is 2. The number of rotatable bonds is 5.